The number of rotatable bonds is 4. The number of amides is 2. The monoisotopic (exact) mass is 204 g/mol. The van der Waals surface area contributed by atoms with Gasteiger partial charge in [0.05, 0.1) is 13.2 Å². The third-order valence-electron chi connectivity index (χ3n) is 1.79. The first-order valence-corrected chi connectivity index (χ1v) is 3.93. The summed E-state index contributed by atoms with van der Waals surface area (Å²) < 4.78 is 0. The Balaban J connectivity index is 2.53. The van der Waals surface area contributed by atoms with E-state index in [0.29, 0.717) is 0 Å². The van der Waals surface area contributed by atoms with E-state index < -0.39 is 12.1 Å². The molecule has 6 N–H and O–H groups in total. The second-order valence-corrected chi connectivity index (χ2v) is 2.79. The van der Waals surface area contributed by atoms with E-state index in [9.17, 15) is 9.59 Å². The number of hydrogen-bond donors (Lipinski definition) is 4. The summed E-state index contributed by atoms with van der Waals surface area (Å²) in [5.41, 5.74) is 0. The van der Waals surface area contributed by atoms with Gasteiger partial charge in [0.1, 0.15) is 12.1 Å². The third kappa shape index (κ3) is 2.39. The molecule has 1 saturated heterocycles. The molecule has 0 spiro atoms. The van der Waals surface area contributed by atoms with E-state index in [0.717, 1.165) is 0 Å². The predicted molar refractivity (Wildman–Crippen MR) is 44.1 cm³/mol. The van der Waals surface area contributed by atoms with Crippen LogP contribution in [0.4, 0.5) is 0 Å². The molecular formula is C6H12N4O4. The summed E-state index contributed by atoms with van der Waals surface area (Å²) in [5.74, 6) is 8.81. The summed E-state index contributed by atoms with van der Waals surface area (Å²) in [6.45, 7) is -0.151. The zero-order valence-electron chi connectivity index (χ0n) is 7.36. The highest BCUT2D eigenvalue weighted by atomic mass is 16.6. The lowest BCUT2D eigenvalue weighted by Gasteiger charge is -2.28. The van der Waals surface area contributed by atoms with Gasteiger partial charge in [-0.15, -0.1) is 0 Å². The van der Waals surface area contributed by atoms with Crippen molar-refractivity contribution in [2.45, 2.75) is 12.1 Å². The van der Waals surface area contributed by atoms with Gasteiger partial charge in [-0.3, -0.25) is 9.59 Å². The molecule has 0 bridgehead atoms. The van der Waals surface area contributed by atoms with E-state index >= 15 is 0 Å². The Morgan fingerprint density at radius 2 is 1.36 bits per heavy atom. The molecule has 8 heteroatoms. The topological polar surface area (TPSA) is 129 Å². The number of piperazine rings is 1. The Morgan fingerprint density at radius 3 is 1.64 bits per heavy atom. The van der Waals surface area contributed by atoms with Crippen molar-refractivity contribution in [1.29, 1.82) is 0 Å². The lowest BCUT2D eigenvalue weighted by molar-refractivity contribution is -0.140. The van der Waals surface area contributed by atoms with E-state index in [1.165, 1.54) is 0 Å². The molecule has 2 amide bonds. The van der Waals surface area contributed by atoms with Crippen LogP contribution in [0.15, 0.2) is 0 Å². The second-order valence-electron chi connectivity index (χ2n) is 2.79. The van der Waals surface area contributed by atoms with Gasteiger partial charge in [-0.1, -0.05) is 0 Å². The molecule has 0 unspecified atom stereocenters. The Morgan fingerprint density at radius 1 is 1.00 bits per heavy atom. The Kier molecular flexibility index (Phi) is 3.77. The van der Waals surface area contributed by atoms with Crippen molar-refractivity contribution in [2.24, 2.45) is 11.8 Å². The maximum Gasteiger partial charge on any atom is 0.245 e. The first-order valence-electron chi connectivity index (χ1n) is 3.93. The molecule has 0 aromatic carbocycles. The van der Waals surface area contributed by atoms with Crippen LogP contribution >= 0.6 is 0 Å². The fourth-order valence-electron chi connectivity index (χ4n) is 1.10. The van der Waals surface area contributed by atoms with Crippen LogP contribution in [-0.4, -0.2) is 37.1 Å². The van der Waals surface area contributed by atoms with Gasteiger partial charge in [-0.25, -0.2) is 11.8 Å². The minimum absolute atomic E-state index is 0.0756. The maximum absolute atomic E-state index is 11.3. The molecule has 8 nitrogen and oxygen atoms in total. The predicted octanol–water partition coefficient (Wildman–Crippen LogP) is -3.25. The summed E-state index contributed by atoms with van der Waals surface area (Å²) in [5, 5.41) is 4.82. The fourth-order valence-corrected chi connectivity index (χ4v) is 1.10. The highest BCUT2D eigenvalue weighted by Crippen LogP contribution is 1.97. The van der Waals surface area contributed by atoms with E-state index in [-0.39, 0.29) is 25.0 Å². The summed E-state index contributed by atoms with van der Waals surface area (Å²) in [6, 6.07) is -1.52. The molecule has 0 aromatic rings. The SMILES string of the molecule is NOC[C@@H]1NC(=O)[C@@H](CON)NC1=O. The van der Waals surface area contributed by atoms with Crippen LogP contribution in [0.2, 0.25) is 0 Å². The fraction of sp³-hybridized carbons (Fsp3) is 0.667. The van der Waals surface area contributed by atoms with Gasteiger partial charge in [0.2, 0.25) is 11.8 Å². The van der Waals surface area contributed by atoms with Crippen LogP contribution in [-0.2, 0) is 19.3 Å². The molecule has 0 aromatic heterocycles. The first kappa shape index (κ1) is 10.9. The Hall–Kier alpha value is -1.22. The number of carbonyl (C=O) groups excluding carboxylic acids is 2. The van der Waals surface area contributed by atoms with Crippen molar-refractivity contribution in [2.75, 3.05) is 13.2 Å². The van der Waals surface area contributed by atoms with Crippen molar-refractivity contribution < 1.29 is 19.3 Å². The van der Waals surface area contributed by atoms with Crippen molar-refractivity contribution >= 4 is 11.8 Å². The molecule has 1 aliphatic heterocycles. The summed E-state index contributed by atoms with van der Waals surface area (Å²) in [4.78, 5) is 31.0. The van der Waals surface area contributed by atoms with Gasteiger partial charge in [0.15, 0.2) is 0 Å². The zero-order valence-corrected chi connectivity index (χ0v) is 7.36. The average Bonchev–Trinajstić information content (AvgIpc) is 2.14. The average molecular weight is 204 g/mol. The third-order valence-corrected chi connectivity index (χ3v) is 1.79. The van der Waals surface area contributed by atoms with E-state index in [4.69, 9.17) is 11.8 Å². The molecule has 0 saturated carbocycles. The lowest BCUT2D eigenvalue weighted by Crippen LogP contribution is -2.64. The molecule has 1 fully saturated rings. The molecule has 80 valence electrons. The van der Waals surface area contributed by atoms with Crippen LogP contribution in [0, 0.1) is 0 Å². The molecule has 2 atom stereocenters. The van der Waals surface area contributed by atoms with Crippen LogP contribution in [0.3, 0.4) is 0 Å². The quantitative estimate of drug-likeness (QED) is 0.356. The van der Waals surface area contributed by atoms with Crippen LogP contribution in [0.1, 0.15) is 0 Å². The van der Waals surface area contributed by atoms with E-state index in [1.807, 2.05) is 0 Å². The lowest BCUT2D eigenvalue weighted by atomic mass is 10.1. The number of carbonyl (C=O) groups is 2. The van der Waals surface area contributed by atoms with Crippen molar-refractivity contribution in [3.8, 4) is 0 Å². The van der Waals surface area contributed by atoms with Gasteiger partial charge in [-0.2, -0.15) is 0 Å². The Labute approximate surface area is 79.8 Å². The van der Waals surface area contributed by atoms with Crippen molar-refractivity contribution in [3.63, 3.8) is 0 Å². The first-order chi connectivity index (χ1) is 6.69. The normalized spacial score (nSPS) is 27.0. The van der Waals surface area contributed by atoms with Gasteiger partial charge in [0, 0.05) is 0 Å². The van der Waals surface area contributed by atoms with Crippen LogP contribution in [0.25, 0.3) is 0 Å². The van der Waals surface area contributed by atoms with Crippen LogP contribution < -0.4 is 22.4 Å². The minimum atomic E-state index is -0.762. The molecular weight excluding hydrogens is 192 g/mol. The van der Waals surface area contributed by atoms with Gasteiger partial charge in [0.25, 0.3) is 0 Å². The molecule has 1 aliphatic rings. The molecule has 1 rings (SSSR count). The summed E-state index contributed by atoms with van der Waals surface area (Å²) in [6.07, 6.45) is 0. The number of nitrogens with two attached hydrogens (primary N) is 2. The number of hydrogen-bond acceptors (Lipinski definition) is 6. The molecule has 1 heterocycles. The van der Waals surface area contributed by atoms with E-state index in [2.05, 4.69) is 20.3 Å². The smallest absolute Gasteiger partial charge is 0.245 e. The molecule has 0 aliphatic carbocycles. The van der Waals surface area contributed by atoms with E-state index in [1.54, 1.807) is 0 Å². The molecule has 14 heavy (non-hydrogen) atoms. The summed E-state index contributed by atoms with van der Waals surface area (Å²) in [7, 11) is 0. The highest BCUT2D eigenvalue weighted by Gasteiger charge is 2.33. The largest absolute Gasteiger partial charge is 0.340 e. The second kappa shape index (κ2) is 4.86. The van der Waals surface area contributed by atoms with Crippen LogP contribution in [0.5, 0.6) is 0 Å². The highest BCUT2D eigenvalue weighted by molar-refractivity contribution is 5.97. The van der Waals surface area contributed by atoms with Gasteiger partial charge >= 0.3 is 0 Å². The van der Waals surface area contributed by atoms with Gasteiger partial charge in [-0.05, 0) is 0 Å². The summed E-state index contributed by atoms with van der Waals surface area (Å²) >= 11 is 0. The van der Waals surface area contributed by atoms with Crippen molar-refractivity contribution in [1.82, 2.24) is 10.6 Å². The van der Waals surface area contributed by atoms with Gasteiger partial charge < -0.3 is 20.3 Å². The minimum Gasteiger partial charge on any atom is -0.340 e. The Bertz CT molecular complexity index is 210. The zero-order chi connectivity index (χ0) is 10.6. The molecule has 0 radical (unpaired) electrons. The van der Waals surface area contributed by atoms with Crippen molar-refractivity contribution in [3.05, 3.63) is 0 Å². The maximum atomic E-state index is 11.3. The number of nitrogens with one attached hydrogen (secondary N) is 2. The standard InChI is InChI=1S/C6H12N4O4/c7-13-1-3-5(11)10-4(2-14-8)6(12)9-3/h3-4H,1-2,7-8H2,(H,9,12)(H,10,11)/t3-,4+.